The Morgan fingerprint density at radius 2 is 2.00 bits per heavy atom. The van der Waals surface area contributed by atoms with Crippen LogP contribution in [-0.2, 0) is 10.9 Å². The number of benzene rings is 1. The molecule has 1 aliphatic heterocycles. The Bertz CT molecular complexity index is 428. The average Bonchev–Trinajstić information content (AvgIpc) is 2.59. The van der Waals surface area contributed by atoms with Crippen LogP contribution in [0.4, 0.5) is 18.9 Å². The lowest BCUT2D eigenvalue weighted by Gasteiger charge is -2.19. The Balaban J connectivity index is 2.14. The van der Waals surface area contributed by atoms with Gasteiger partial charge in [-0.3, -0.25) is 0 Å². The van der Waals surface area contributed by atoms with Crippen LogP contribution in [0.3, 0.4) is 0 Å². The van der Waals surface area contributed by atoms with Gasteiger partial charge in [0.25, 0.3) is 0 Å². The minimum atomic E-state index is -4.35. The molecule has 106 valence electrons. The highest BCUT2D eigenvalue weighted by atomic mass is 35.5. The normalized spacial score (nSPS) is 20.9. The van der Waals surface area contributed by atoms with Crippen molar-refractivity contribution in [2.45, 2.75) is 31.5 Å². The topological polar surface area (TPSA) is 21.3 Å². The second kappa shape index (κ2) is 6.01. The summed E-state index contributed by atoms with van der Waals surface area (Å²) in [5, 5.41) is 3.39. The third kappa shape index (κ3) is 4.01. The summed E-state index contributed by atoms with van der Waals surface area (Å²) < 4.78 is 43.3. The molecule has 1 atom stereocenters. The lowest BCUT2D eigenvalue weighted by molar-refractivity contribution is -0.137. The van der Waals surface area contributed by atoms with Crippen LogP contribution in [0.25, 0.3) is 0 Å². The van der Waals surface area contributed by atoms with Gasteiger partial charge in [0, 0.05) is 19.3 Å². The van der Waals surface area contributed by atoms with Gasteiger partial charge in [-0.1, -0.05) is 11.6 Å². The minimum Gasteiger partial charge on any atom is -0.381 e. The van der Waals surface area contributed by atoms with Crippen molar-refractivity contribution in [2.24, 2.45) is 0 Å². The van der Waals surface area contributed by atoms with Gasteiger partial charge in [-0.15, -0.1) is 0 Å². The molecule has 1 aromatic rings. The molecule has 0 bridgehead atoms. The number of ether oxygens (including phenoxy) is 1. The lowest BCUT2D eigenvalue weighted by atomic mass is 10.1. The standard InChI is InChI=1S/C13H15ClF3NO/c14-11-4-3-9(13(15,16)17)8-12(11)18-10-2-1-6-19-7-5-10/h3-4,8,10,18H,1-2,5-7H2. The number of hydrogen-bond acceptors (Lipinski definition) is 2. The summed E-state index contributed by atoms with van der Waals surface area (Å²) in [6.07, 6.45) is -1.82. The molecule has 1 N–H and O–H groups in total. The van der Waals surface area contributed by atoms with Gasteiger partial charge in [-0.05, 0) is 37.5 Å². The van der Waals surface area contributed by atoms with Gasteiger partial charge in [0.15, 0.2) is 0 Å². The molecule has 0 amide bonds. The molecular weight excluding hydrogens is 279 g/mol. The predicted molar refractivity (Wildman–Crippen MR) is 68.5 cm³/mol. The third-order valence-electron chi connectivity index (χ3n) is 3.11. The summed E-state index contributed by atoms with van der Waals surface area (Å²) in [7, 11) is 0. The highest BCUT2D eigenvalue weighted by Gasteiger charge is 2.31. The fourth-order valence-corrected chi connectivity index (χ4v) is 2.25. The van der Waals surface area contributed by atoms with Gasteiger partial charge >= 0.3 is 6.18 Å². The second-order valence-corrected chi connectivity index (χ2v) is 4.98. The largest absolute Gasteiger partial charge is 0.416 e. The molecule has 0 spiro atoms. The number of nitrogens with one attached hydrogen (secondary N) is 1. The van der Waals surface area contributed by atoms with Crippen molar-refractivity contribution in [1.82, 2.24) is 0 Å². The van der Waals surface area contributed by atoms with E-state index in [1.165, 1.54) is 6.07 Å². The Morgan fingerprint density at radius 1 is 1.21 bits per heavy atom. The van der Waals surface area contributed by atoms with Crippen LogP contribution >= 0.6 is 11.6 Å². The van der Waals surface area contributed by atoms with Crippen molar-refractivity contribution in [3.63, 3.8) is 0 Å². The van der Waals surface area contributed by atoms with Gasteiger partial charge in [0.2, 0.25) is 0 Å². The SMILES string of the molecule is FC(F)(F)c1ccc(Cl)c(NC2CCCOCC2)c1. The van der Waals surface area contributed by atoms with Crippen molar-refractivity contribution in [3.8, 4) is 0 Å². The van der Waals surface area contributed by atoms with E-state index in [0.717, 1.165) is 31.4 Å². The first-order valence-corrected chi connectivity index (χ1v) is 6.55. The van der Waals surface area contributed by atoms with Crippen LogP contribution in [0.2, 0.25) is 5.02 Å². The van der Waals surface area contributed by atoms with E-state index in [0.29, 0.717) is 23.9 Å². The summed E-state index contributed by atoms with van der Waals surface area (Å²) >= 11 is 5.95. The van der Waals surface area contributed by atoms with E-state index in [4.69, 9.17) is 16.3 Å². The molecule has 0 aromatic heterocycles. The Labute approximate surface area is 114 Å². The highest BCUT2D eigenvalue weighted by Crippen LogP contribution is 2.34. The summed E-state index contributed by atoms with van der Waals surface area (Å²) in [6, 6.07) is 3.43. The number of rotatable bonds is 2. The van der Waals surface area contributed by atoms with Crippen LogP contribution in [0.1, 0.15) is 24.8 Å². The molecule has 0 aliphatic carbocycles. The van der Waals surface area contributed by atoms with Crippen molar-refractivity contribution in [1.29, 1.82) is 0 Å². The zero-order chi connectivity index (χ0) is 13.9. The molecule has 2 nitrogen and oxygen atoms in total. The van der Waals surface area contributed by atoms with Gasteiger partial charge in [0.05, 0.1) is 16.3 Å². The molecule has 1 unspecified atom stereocenters. The Hall–Kier alpha value is -0.940. The molecule has 1 fully saturated rings. The van der Waals surface area contributed by atoms with Crippen molar-refractivity contribution < 1.29 is 17.9 Å². The number of alkyl halides is 3. The zero-order valence-corrected chi connectivity index (χ0v) is 11.0. The number of halogens is 4. The quantitative estimate of drug-likeness (QED) is 0.876. The summed E-state index contributed by atoms with van der Waals surface area (Å²) in [6.45, 7) is 1.32. The lowest BCUT2D eigenvalue weighted by Crippen LogP contribution is -2.20. The van der Waals surface area contributed by atoms with Crippen LogP contribution in [0.5, 0.6) is 0 Å². The molecule has 19 heavy (non-hydrogen) atoms. The molecule has 1 heterocycles. The van der Waals surface area contributed by atoms with Gasteiger partial charge in [0.1, 0.15) is 0 Å². The predicted octanol–water partition coefficient (Wildman–Crippen LogP) is 4.34. The van der Waals surface area contributed by atoms with E-state index in [1.54, 1.807) is 0 Å². The van der Waals surface area contributed by atoms with Crippen LogP contribution in [0, 0.1) is 0 Å². The molecule has 0 saturated carbocycles. The van der Waals surface area contributed by atoms with E-state index in [2.05, 4.69) is 5.32 Å². The molecule has 1 aromatic carbocycles. The first kappa shape index (κ1) is 14.5. The summed E-state index contributed by atoms with van der Waals surface area (Å²) in [4.78, 5) is 0. The van der Waals surface area contributed by atoms with E-state index < -0.39 is 11.7 Å². The molecule has 2 rings (SSSR count). The number of hydrogen-bond donors (Lipinski definition) is 1. The third-order valence-corrected chi connectivity index (χ3v) is 3.43. The average molecular weight is 294 g/mol. The minimum absolute atomic E-state index is 0.100. The molecular formula is C13H15ClF3NO. The van der Waals surface area contributed by atoms with Gasteiger partial charge < -0.3 is 10.1 Å². The van der Waals surface area contributed by atoms with E-state index >= 15 is 0 Å². The maximum atomic E-state index is 12.7. The Morgan fingerprint density at radius 3 is 2.74 bits per heavy atom. The fourth-order valence-electron chi connectivity index (χ4n) is 2.08. The fraction of sp³-hybridized carbons (Fsp3) is 0.538. The number of anilines is 1. The van der Waals surface area contributed by atoms with Crippen LogP contribution < -0.4 is 5.32 Å². The monoisotopic (exact) mass is 293 g/mol. The van der Waals surface area contributed by atoms with Crippen molar-refractivity contribution >= 4 is 17.3 Å². The van der Waals surface area contributed by atoms with Crippen molar-refractivity contribution in [3.05, 3.63) is 28.8 Å². The molecule has 1 saturated heterocycles. The van der Waals surface area contributed by atoms with E-state index in [1.807, 2.05) is 0 Å². The molecule has 0 radical (unpaired) electrons. The molecule has 6 heteroatoms. The maximum Gasteiger partial charge on any atom is 0.416 e. The first-order chi connectivity index (χ1) is 8.97. The summed E-state index contributed by atoms with van der Waals surface area (Å²) in [5.74, 6) is 0. The second-order valence-electron chi connectivity index (χ2n) is 4.58. The van der Waals surface area contributed by atoms with E-state index in [-0.39, 0.29) is 6.04 Å². The van der Waals surface area contributed by atoms with Gasteiger partial charge in [-0.2, -0.15) is 13.2 Å². The smallest absolute Gasteiger partial charge is 0.381 e. The van der Waals surface area contributed by atoms with E-state index in [9.17, 15) is 13.2 Å². The van der Waals surface area contributed by atoms with Gasteiger partial charge in [-0.25, -0.2) is 0 Å². The van der Waals surface area contributed by atoms with Crippen LogP contribution in [0.15, 0.2) is 18.2 Å². The van der Waals surface area contributed by atoms with Crippen LogP contribution in [-0.4, -0.2) is 19.3 Å². The molecule has 1 aliphatic rings. The summed E-state index contributed by atoms with van der Waals surface area (Å²) in [5.41, 5.74) is -0.354. The first-order valence-electron chi connectivity index (χ1n) is 6.18. The maximum absolute atomic E-state index is 12.7. The van der Waals surface area contributed by atoms with Crippen molar-refractivity contribution in [2.75, 3.05) is 18.5 Å². The highest BCUT2D eigenvalue weighted by molar-refractivity contribution is 6.33. The zero-order valence-electron chi connectivity index (χ0n) is 10.3. The Kier molecular flexibility index (Phi) is 4.58.